The maximum absolute atomic E-state index is 11.6. The summed E-state index contributed by atoms with van der Waals surface area (Å²) in [6.45, 7) is 0. The van der Waals surface area contributed by atoms with Gasteiger partial charge in [0.05, 0.1) is 9.30 Å². The summed E-state index contributed by atoms with van der Waals surface area (Å²) < 4.78 is 1.28. The van der Waals surface area contributed by atoms with Crippen LogP contribution in [0.15, 0.2) is 30.3 Å². The van der Waals surface area contributed by atoms with Crippen molar-refractivity contribution in [2.75, 3.05) is 11.9 Å². The minimum atomic E-state index is 0.179. The summed E-state index contributed by atoms with van der Waals surface area (Å²) in [5.74, 6) is 0.179. The van der Waals surface area contributed by atoms with Gasteiger partial charge >= 0.3 is 0 Å². The quantitative estimate of drug-likeness (QED) is 0.717. The molecule has 0 bridgehead atoms. The Morgan fingerprint density at radius 3 is 2.82 bits per heavy atom. The number of anilines is 1. The Labute approximate surface area is 117 Å². The van der Waals surface area contributed by atoms with E-state index in [-0.39, 0.29) is 5.91 Å². The molecule has 1 amide bonds. The highest BCUT2D eigenvalue weighted by Crippen LogP contribution is 2.34. The maximum atomic E-state index is 11.6. The maximum Gasteiger partial charge on any atom is 0.231 e. The van der Waals surface area contributed by atoms with Crippen LogP contribution in [-0.4, -0.2) is 13.0 Å². The molecule has 0 saturated carbocycles. The van der Waals surface area contributed by atoms with Crippen molar-refractivity contribution in [3.8, 4) is 10.4 Å². The van der Waals surface area contributed by atoms with Crippen molar-refractivity contribution in [3.05, 3.63) is 38.8 Å². The highest BCUT2D eigenvalue weighted by atomic mass is 127. The van der Waals surface area contributed by atoms with Gasteiger partial charge in [0.15, 0.2) is 0 Å². The SMILES string of the molecule is CN1C(=O)Cc2cc(-c3ccc(I)s3)ccc21. The third-order valence-electron chi connectivity index (χ3n) is 3.01. The van der Waals surface area contributed by atoms with Gasteiger partial charge in [0, 0.05) is 17.6 Å². The van der Waals surface area contributed by atoms with Gasteiger partial charge in [-0.15, -0.1) is 11.3 Å². The Kier molecular flexibility index (Phi) is 2.71. The van der Waals surface area contributed by atoms with Gasteiger partial charge in [-0.2, -0.15) is 0 Å². The molecule has 0 fully saturated rings. The summed E-state index contributed by atoms with van der Waals surface area (Å²) in [4.78, 5) is 14.6. The van der Waals surface area contributed by atoms with E-state index in [1.165, 1.54) is 13.3 Å². The van der Waals surface area contributed by atoms with Crippen molar-refractivity contribution < 1.29 is 4.79 Å². The number of halogens is 1. The van der Waals surface area contributed by atoms with Crippen LogP contribution in [0.25, 0.3) is 10.4 Å². The van der Waals surface area contributed by atoms with Crippen molar-refractivity contribution in [1.82, 2.24) is 0 Å². The lowest BCUT2D eigenvalue weighted by molar-refractivity contribution is -0.117. The third kappa shape index (κ3) is 1.89. The monoisotopic (exact) mass is 355 g/mol. The van der Waals surface area contributed by atoms with Crippen LogP contribution in [0.4, 0.5) is 5.69 Å². The largest absolute Gasteiger partial charge is 0.315 e. The van der Waals surface area contributed by atoms with Crippen LogP contribution < -0.4 is 4.90 Å². The lowest BCUT2D eigenvalue weighted by Gasteiger charge is -2.10. The summed E-state index contributed by atoms with van der Waals surface area (Å²) in [7, 11) is 1.84. The summed E-state index contributed by atoms with van der Waals surface area (Å²) >= 11 is 4.10. The molecule has 1 aliphatic rings. The Morgan fingerprint density at radius 1 is 1.29 bits per heavy atom. The second-order valence-electron chi connectivity index (χ2n) is 4.08. The number of thiophene rings is 1. The number of amides is 1. The van der Waals surface area contributed by atoms with Gasteiger partial charge in [0.25, 0.3) is 0 Å². The van der Waals surface area contributed by atoms with Crippen LogP contribution in [0.1, 0.15) is 5.56 Å². The van der Waals surface area contributed by atoms with Crippen LogP contribution >= 0.6 is 33.9 Å². The van der Waals surface area contributed by atoms with Gasteiger partial charge in [-0.25, -0.2) is 0 Å². The number of likely N-dealkylation sites (N-methyl/N-ethyl adjacent to an activating group) is 1. The lowest BCUT2D eigenvalue weighted by Crippen LogP contribution is -2.20. The summed E-state index contributed by atoms with van der Waals surface area (Å²) in [5, 5.41) is 0. The molecule has 17 heavy (non-hydrogen) atoms. The first-order chi connectivity index (χ1) is 8.15. The zero-order chi connectivity index (χ0) is 12.0. The van der Waals surface area contributed by atoms with Crippen LogP contribution in [0.3, 0.4) is 0 Å². The minimum absolute atomic E-state index is 0.179. The molecular formula is C13H10INOS. The predicted octanol–water partition coefficient (Wildman–Crippen LogP) is 3.54. The number of carbonyl (C=O) groups is 1. The van der Waals surface area contributed by atoms with Crippen molar-refractivity contribution in [2.45, 2.75) is 6.42 Å². The summed E-state index contributed by atoms with van der Waals surface area (Å²) in [6.07, 6.45) is 0.530. The number of hydrogen-bond acceptors (Lipinski definition) is 2. The molecule has 1 aromatic carbocycles. The van der Waals surface area contributed by atoms with Crippen molar-refractivity contribution >= 4 is 45.5 Å². The first kappa shape index (κ1) is 11.2. The van der Waals surface area contributed by atoms with Gasteiger partial charge < -0.3 is 4.90 Å². The molecule has 0 spiro atoms. The highest BCUT2D eigenvalue weighted by molar-refractivity contribution is 14.1. The Hall–Kier alpha value is -0.880. The highest BCUT2D eigenvalue weighted by Gasteiger charge is 2.24. The molecule has 2 aromatic rings. The van der Waals surface area contributed by atoms with Gasteiger partial charge in [-0.05, 0) is 58.0 Å². The number of fused-ring (bicyclic) bond motifs is 1. The standard InChI is InChI=1S/C13H10INOS/c1-15-10-3-2-8(6-9(10)7-13(15)16)11-4-5-12(14)17-11/h2-6H,7H2,1H3. The number of benzene rings is 1. The van der Waals surface area contributed by atoms with E-state index in [0.29, 0.717) is 6.42 Å². The zero-order valence-electron chi connectivity index (χ0n) is 9.24. The number of carbonyl (C=O) groups excluding carboxylic acids is 1. The molecule has 4 heteroatoms. The van der Waals surface area contributed by atoms with Crippen LogP contribution in [-0.2, 0) is 11.2 Å². The summed E-state index contributed by atoms with van der Waals surface area (Å²) in [6, 6.07) is 10.5. The number of nitrogens with zero attached hydrogens (tertiary/aromatic N) is 1. The fourth-order valence-corrected chi connectivity index (χ4v) is 3.71. The first-order valence-electron chi connectivity index (χ1n) is 5.30. The van der Waals surface area contributed by atoms with E-state index in [9.17, 15) is 4.79 Å². The van der Waals surface area contributed by atoms with Crippen LogP contribution in [0, 0.1) is 2.88 Å². The van der Waals surface area contributed by atoms with Crippen molar-refractivity contribution in [2.24, 2.45) is 0 Å². The molecule has 0 aliphatic carbocycles. The fraction of sp³-hybridized carbons (Fsp3) is 0.154. The molecule has 1 aliphatic heterocycles. The molecular weight excluding hydrogens is 345 g/mol. The average Bonchev–Trinajstić information content (AvgIpc) is 2.85. The topological polar surface area (TPSA) is 20.3 Å². The van der Waals surface area contributed by atoms with Crippen molar-refractivity contribution in [3.63, 3.8) is 0 Å². The molecule has 2 heterocycles. The molecule has 0 atom stereocenters. The van der Waals surface area contributed by atoms with E-state index in [1.807, 2.05) is 13.1 Å². The Morgan fingerprint density at radius 2 is 2.12 bits per heavy atom. The Bertz CT molecular complexity index is 605. The second-order valence-corrected chi connectivity index (χ2v) is 7.05. The number of rotatable bonds is 1. The molecule has 1 aromatic heterocycles. The molecule has 0 N–H and O–H groups in total. The molecule has 0 radical (unpaired) electrons. The Balaban J connectivity index is 2.06. The molecule has 0 saturated heterocycles. The van der Waals surface area contributed by atoms with E-state index in [2.05, 4.69) is 46.9 Å². The molecule has 3 rings (SSSR count). The van der Waals surface area contributed by atoms with Gasteiger partial charge in [0.1, 0.15) is 0 Å². The normalized spacial score (nSPS) is 14.2. The minimum Gasteiger partial charge on any atom is -0.315 e. The molecule has 2 nitrogen and oxygen atoms in total. The van der Waals surface area contributed by atoms with E-state index < -0.39 is 0 Å². The lowest BCUT2D eigenvalue weighted by atomic mass is 10.1. The predicted molar refractivity (Wildman–Crippen MR) is 79.6 cm³/mol. The fourth-order valence-electron chi connectivity index (χ4n) is 2.09. The zero-order valence-corrected chi connectivity index (χ0v) is 12.2. The molecule has 86 valence electrons. The van der Waals surface area contributed by atoms with Gasteiger partial charge in [-0.1, -0.05) is 6.07 Å². The molecule has 0 unspecified atom stereocenters. The number of hydrogen-bond donors (Lipinski definition) is 0. The average molecular weight is 355 g/mol. The van der Waals surface area contributed by atoms with Crippen LogP contribution in [0.5, 0.6) is 0 Å². The van der Waals surface area contributed by atoms with Crippen molar-refractivity contribution in [1.29, 1.82) is 0 Å². The summed E-state index contributed by atoms with van der Waals surface area (Å²) in [5.41, 5.74) is 3.39. The van der Waals surface area contributed by atoms with Gasteiger partial charge in [-0.3, -0.25) is 4.79 Å². The smallest absolute Gasteiger partial charge is 0.231 e. The second kappa shape index (κ2) is 4.10. The van der Waals surface area contributed by atoms with Crippen LogP contribution in [0.2, 0.25) is 0 Å². The van der Waals surface area contributed by atoms with E-state index in [4.69, 9.17) is 0 Å². The third-order valence-corrected chi connectivity index (χ3v) is 4.96. The van der Waals surface area contributed by atoms with Gasteiger partial charge in [0.2, 0.25) is 5.91 Å². The van der Waals surface area contributed by atoms with E-state index in [0.717, 1.165) is 11.3 Å². The van der Waals surface area contributed by atoms with E-state index in [1.54, 1.807) is 16.2 Å². The van der Waals surface area contributed by atoms with E-state index >= 15 is 0 Å². The first-order valence-corrected chi connectivity index (χ1v) is 7.20.